The Morgan fingerprint density at radius 2 is 2.00 bits per heavy atom. The van der Waals surface area contributed by atoms with Crippen LogP contribution in [0.5, 0.6) is 5.75 Å². The third-order valence-corrected chi connectivity index (χ3v) is 3.10. The third kappa shape index (κ3) is 1.99. The summed E-state index contributed by atoms with van der Waals surface area (Å²) in [6.45, 7) is 0. The highest BCUT2D eigenvalue weighted by molar-refractivity contribution is 5.94. The lowest BCUT2D eigenvalue weighted by atomic mass is 10.2. The summed E-state index contributed by atoms with van der Waals surface area (Å²) in [5.74, 6) is -0.216. The van der Waals surface area contributed by atoms with Crippen LogP contribution in [0.25, 0.3) is 16.9 Å². The SMILES string of the molecule is COc1ccc(-c2cn3cccc(C(=O)O)c3n2)cc1. The lowest BCUT2D eigenvalue weighted by Crippen LogP contribution is -1.99. The monoisotopic (exact) mass is 268 g/mol. The highest BCUT2D eigenvalue weighted by atomic mass is 16.5. The molecule has 3 aromatic rings. The van der Waals surface area contributed by atoms with Gasteiger partial charge in [0.1, 0.15) is 11.3 Å². The molecular formula is C15H12N2O3. The molecular weight excluding hydrogens is 256 g/mol. The Morgan fingerprint density at radius 3 is 2.65 bits per heavy atom. The molecule has 0 aliphatic rings. The summed E-state index contributed by atoms with van der Waals surface area (Å²) in [4.78, 5) is 15.6. The number of rotatable bonds is 3. The fourth-order valence-electron chi connectivity index (χ4n) is 2.08. The van der Waals surface area contributed by atoms with Crippen molar-refractivity contribution in [3.63, 3.8) is 0 Å². The van der Waals surface area contributed by atoms with E-state index in [1.807, 2.05) is 30.5 Å². The van der Waals surface area contributed by atoms with E-state index in [4.69, 9.17) is 9.84 Å². The molecule has 2 heterocycles. The minimum absolute atomic E-state index is 0.187. The molecule has 0 bridgehead atoms. The van der Waals surface area contributed by atoms with Gasteiger partial charge in [0.15, 0.2) is 5.65 Å². The van der Waals surface area contributed by atoms with Crippen LogP contribution in [0.1, 0.15) is 10.4 Å². The number of carboxylic acids is 1. The van der Waals surface area contributed by atoms with Gasteiger partial charge >= 0.3 is 5.97 Å². The Morgan fingerprint density at radius 1 is 1.25 bits per heavy atom. The molecule has 0 radical (unpaired) electrons. The summed E-state index contributed by atoms with van der Waals surface area (Å²) < 4.78 is 6.82. The molecule has 0 unspecified atom stereocenters. The van der Waals surface area contributed by atoms with Crippen LogP contribution in [-0.4, -0.2) is 27.6 Å². The summed E-state index contributed by atoms with van der Waals surface area (Å²) in [7, 11) is 1.61. The molecule has 0 aliphatic heterocycles. The van der Waals surface area contributed by atoms with Crippen LogP contribution in [0.4, 0.5) is 0 Å². The number of benzene rings is 1. The number of pyridine rings is 1. The number of aromatic carboxylic acids is 1. The van der Waals surface area contributed by atoms with E-state index in [1.165, 1.54) is 0 Å². The van der Waals surface area contributed by atoms with Gasteiger partial charge in [-0.05, 0) is 36.4 Å². The zero-order valence-corrected chi connectivity index (χ0v) is 10.8. The molecule has 5 heteroatoms. The van der Waals surface area contributed by atoms with Gasteiger partial charge < -0.3 is 14.2 Å². The molecule has 100 valence electrons. The maximum Gasteiger partial charge on any atom is 0.339 e. The number of aromatic nitrogens is 2. The fraction of sp³-hybridized carbons (Fsp3) is 0.0667. The van der Waals surface area contributed by atoms with Crippen molar-refractivity contribution in [1.29, 1.82) is 0 Å². The van der Waals surface area contributed by atoms with Gasteiger partial charge in [0, 0.05) is 18.0 Å². The van der Waals surface area contributed by atoms with Crippen molar-refractivity contribution in [2.24, 2.45) is 0 Å². The molecule has 1 aromatic carbocycles. The van der Waals surface area contributed by atoms with Gasteiger partial charge in [0.05, 0.1) is 12.8 Å². The highest BCUT2D eigenvalue weighted by Crippen LogP contribution is 2.23. The first-order chi connectivity index (χ1) is 9.69. The standard InChI is InChI=1S/C15H12N2O3/c1-20-11-6-4-10(5-7-11)13-9-17-8-2-3-12(15(18)19)14(17)16-13/h2-9H,1H3,(H,18,19). The molecule has 1 N–H and O–H groups in total. The summed E-state index contributed by atoms with van der Waals surface area (Å²) in [5.41, 5.74) is 2.25. The quantitative estimate of drug-likeness (QED) is 0.793. The van der Waals surface area contributed by atoms with Crippen molar-refractivity contribution in [2.75, 3.05) is 7.11 Å². The first-order valence-electron chi connectivity index (χ1n) is 6.04. The first kappa shape index (κ1) is 12.2. The Labute approximate surface area is 115 Å². The van der Waals surface area contributed by atoms with E-state index >= 15 is 0 Å². The molecule has 0 saturated carbocycles. The minimum Gasteiger partial charge on any atom is -0.497 e. The maximum absolute atomic E-state index is 11.2. The average Bonchev–Trinajstić information content (AvgIpc) is 2.90. The van der Waals surface area contributed by atoms with Crippen LogP contribution >= 0.6 is 0 Å². The second kappa shape index (κ2) is 4.70. The zero-order chi connectivity index (χ0) is 14.1. The molecule has 0 aliphatic carbocycles. The summed E-state index contributed by atoms with van der Waals surface area (Å²) in [6, 6.07) is 10.7. The minimum atomic E-state index is -0.984. The van der Waals surface area contributed by atoms with E-state index in [9.17, 15) is 4.79 Å². The molecule has 2 aromatic heterocycles. The van der Waals surface area contributed by atoms with Gasteiger partial charge in [0.2, 0.25) is 0 Å². The Hall–Kier alpha value is -2.82. The van der Waals surface area contributed by atoms with E-state index in [-0.39, 0.29) is 5.56 Å². The van der Waals surface area contributed by atoms with E-state index < -0.39 is 5.97 Å². The van der Waals surface area contributed by atoms with Gasteiger partial charge in [-0.2, -0.15) is 0 Å². The fourth-order valence-corrected chi connectivity index (χ4v) is 2.08. The van der Waals surface area contributed by atoms with Gasteiger partial charge in [-0.15, -0.1) is 0 Å². The number of hydrogen-bond donors (Lipinski definition) is 1. The Kier molecular flexibility index (Phi) is 2.87. The van der Waals surface area contributed by atoms with Crippen molar-refractivity contribution < 1.29 is 14.6 Å². The topological polar surface area (TPSA) is 63.8 Å². The van der Waals surface area contributed by atoms with E-state index in [0.29, 0.717) is 5.65 Å². The smallest absolute Gasteiger partial charge is 0.339 e. The molecule has 0 saturated heterocycles. The van der Waals surface area contributed by atoms with Crippen molar-refractivity contribution in [1.82, 2.24) is 9.38 Å². The second-order valence-corrected chi connectivity index (χ2v) is 4.31. The molecule has 0 spiro atoms. The lowest BCUT2D eigenvalue weighted by molar-refractivity contribution is 0.0698. The number of carbonyl (C=O) groups is 1. The number of ether oxygens (including phenoxy) is 1. The largest absolute Gasteiger partial charge is 0.497 e. The Balaban J connectivity index is 2.12. The predicted molar refractivity (Wildman–Crippen MR) is 74.1 cm³/mol. The normalized spacial score (nSPS) is 10.7. The zero-order valence-electron chi connectivity index (χ0n) is 10.8. The molecule has 20 heavy (non-hydrogen) atoms. The van der Waals surface area contributed by atoms with Gasteiger partial charge in [0.25, 0.3) is 0 Å². The average molecular weight is 268 g/mol. The summed E-state index contributed by atoms with van der Waals surface area (Å²) in [6.07, 6.45) is 3.59. The summed E-state index contributed by atoms with van der Waals surface area (Å²) >= 11 is 0. The third-order valence-electron chi connectivity index (χ3n) is 3.10. The van der Waals surface area contributed by atoms with Crippen LogP contribution < -0.4 is 4.74 Å². The van der Waals surface area contributed by atoms with E-state index in [2.05, 4.69) is 4.98 Å². The molecule has 0 fully saturated rings. The molecule has 3 rings (SSSR count). The lowest BCUT2D eigenvalue weighted by Gasteiger charge is -2.00. The van der Waals surface area contributed by atoms with Crippen molar-refractivity contribution in [3.05, 3.63) is 54.4 Å². The number of carboxylic acid groups (broad SMARTS) is 1. The van der Waals surface area contributed by atoms with E-state index in [0.717, 1.165) is 17.0 Å². The number of imidazole rings is 1. The number of fused-ring (bicyclic) bond motifs is 1. The van der Waals surface area contributed by atoms with E-state index in [1.54, 1.807) is 29.8 Å². The van der Waals surface area contributed by atoms with Crippen LogP contribution in [0.3, 0.4) is 0 Å². The van der Waals surface area contributed by atoms with Crippen molar-refractivity contribution >= 4 is 11.6 Å². The number of nitrogens with zero attached hydrogens (tertiary/aromatic N) is 2. The number of hydrogen-bond acceptors (Lipinski definition) is 3. The summed E-state index contributed by atoms with van der Waals surface area (Å²) in [5, 5.41) is 9.16. The molecule has 0 atom stereocenters. The van der Waals surface area contributed by atoms with Crippen LogP contribution in [0.2, 0.25) is 0 Å². The number of methoxy groups -OCH3 is 1. The van der Waals surface area contributed by atoms with Crippen LogP contribution in [-0.2, 0) is 0 Å². The molecule has 5 nitrogen and oxygen atoms in total. The predicted octanol–water partition coefficient (Wildman–Crippen LogP) is 2.71. The highest BCUT2D eigenvalue weighted by Gasteiger charge is 2.12. The van der Waals surface area contributed by atoms with Crippen molar-refractivity contribution in [3.8, 4) is 17.0 Å². The van der Waals surface area contributed by atoms with Crippen LogP contribution in [0, 0.1) is 0 Å². The van der Waals surface area contributed by atoms with Crippen LogP contribution in [0.15, 0.2) is 48.8 Å². The Bertz CT molecular complexity index is 775. The molecule has 0 amide bonds. The maximum atomic E-state index is 11.2. The van der Waals surface area contributed by atoms with Crippen molar-refractivity contribution in [2.45, 2.75) is 0 Å². The van der Waals surface area contributed by atoms with Gasteiger partial charge in [-0.1, -0.05) is 0 Å². The van der Waals surface area contributed by atoms with Gasteiger partial charge in [-0.25, -0.2) is 9.78 Å². The second-order valence-electron chi connectivity index (χ2n) is 4.31. The first-order valence-corrected chi connectivity index (χ1v) is 6.04. The van der Waals surface area contributed by atoms with Gasteiger partial charge in [-0.3, -0.25) is 0 Å².